The molecule has 142 valence electrons. The highest BCUT2D eigenvalue weighted by Gasteiger charge is 2.21. The molecule has 0 saturated carbocycles. The third kappa shape index (κ3) is 3.91. The first-order valence-electron chi connectivity index (χ1n) is 8.59. The summed E-state index contributed by atoms with van der Waals surface area (Å²) >= 11 is 7.54. The Morgan fingerprint density at radius 2 is 2.14 bits per heavy atom. The highest BCUT2D eigenvalue weighted by Crippen LogP contribution is 2.30. The van der Waals surface area contributed by atoms with Gasteiger partial charge in [-0.25, -0.2) is 9.97 Å². The van der Waals surface area contributed by atoms with Crippen LogP contribution in [-0.4, -0.2) is 34.1 Å². The molecule has 1 unspecified atom stereocenters. The lowest BCUT2D eigenvalue weighted by atomic mass is 10.0. The SMILES string of the molecule is COC1CC=C(Cl)C=C1c1ncc(-c2ccc(NC(=O)c3cscn3)cc2)[nH]1. The van der Waals surface area contributed by atoms with Gasteiger partial charge in [-0.1, -0.05) is 29.8 Å². The molecular formula is C20H17ClN4O2S. The number of nitrogens with zero attached hydrogens (tertiary/aromatic N) is 2. The van der Waals surface area contributed by atoms with Crippen LogP contribution in [0, 0.1) is 0 Å². The van der Waals surface area contributed by atoms with Gasteiger partial charge in [-0.3, -0.25) is 4.79 Å². The number of hydrogen-bond donors (Lipinski definition) is 2. The smallest absolute Gasteiger partial charge is 0.275 e. The molecule has 4 rings (SSSR count). The van der Waals surface area contributed by atoms with Crippen LogP contribution in [0.15, 0.2) is 58.5 Å². The summed E-state index contributed by atoms with van der Waals surface area (Å²) < 4.78 is 5.53. The molecular weight excluding hydrogens is 396 g/mol. The second-order valence-electron chi connectivity index (χ2n) is 6.20. The minimum absolute atomic E-state index is 0.0789. The van der Waals surface area contributed by atoms with E-state index in [0.29, 0.717) is 22.8 Å². The Labute approximate surface area is 170 Å². The molecule has 0 spiro atoms. The van der Waals surface area contributed by atoms with E-state index < -0.39 is 0 Å². The average Bonchev–Trinajstić information content (AvgIpc) is 3.41. The van der Waals surface area contributed by atoms with Gasteiger partial charge in [0.15, 0.2) is 0 Å². The summed E-state index contributed by atoms with van der Waals surface area (Å²) in [5, 5.41) is 5.23. The molecule has 1 amide bonds. The first-order chi connectivity index (χ1) is 13.6. The zero-order valence-electron chi connectivity index (χ0n) is 15.0. The van der Waals surface area contributed by atoms with Crippen LogP contribution in [0.2, 0.25) is 0 Å². The molecule has 0 bridgehead atoms. The van der Waals surface area contributed by atoms with Crippen molar-refractivity contribution in [2.75, 3.05) is 12.4 Å². The van der Waals surface area contributed by atoms with Crippen molar-refractivity contribution >= 4 is 40.1 Å². The van der Waals surface area contributed by atoms with Gasteiger partial charge in [0.25, 0.3) is 5.91 Å². The Morgan fingerprint density at radius 3 is 2.86 bits per heavy atom. The molecule has 1 aromatic carbocycles. The summed E-state index contributed by atoms with van der Waals surface area (Å²) in [6, 6.07) is 7.53. The fourth-order valence-corrected chi connectivity index (χ4v) is 3.70. The van der Waals surface area contributed by atoms with Gasteiger partial charge in [0.2, 0.25) is 0 Å². The molecule has 0 saturated heterocycles. The van der Waals surface area contributed by atoms with Gasteiger partial charge in [-0.05, 0) is 30.2 Å². The number of imidazole rings is 1. The standard InChI is InChI=1S/C20H17ClN4O2S/c1-27-18-7-4-13(21)8-15(18)19-22-9-16(25-19)12-2-5-14(6-3-12)24-20(26)17-10-28-11-23-17/h2-6,8-11,18H,7H2,1H3,(H,22,25)(H,24,26). The summed E-state index contributed by atoms with van der Waals surface area (Å²) in [6.07, 6.45) is 6.22. The number of halogens is 1. The maximum Gasteiger partial charge on any atom is 0.275 e. The molecule has 2 aromatic heterocycles. The number of H-pyrrole nitrogens is 1. The summed E-state index contributed by atoms with van der Waals surface area (Å²) in [5.41, 5.74) is 5.49. The predicted molar refractivity (Wildman–Crippen MR) is 111 cm³/mol. The van der Waals surface area contributed by atoms with Crippen LogP contribution in [0.5, 0.6) is 0 Å². The molecule has 0 fully saturated rings. The summed E-state index contributed by atoms with van der Waals surface area (Å²) in [6.45, 7) is 0. The van der Waals surface area contributed by atoms with Gasteiger partial charge in [-0.15, -0.1) is 11.3 Å². The Balaban J connectivity index is 1.51. The second-order valence-corrected chi connectivity index (χ2v) is 7.35. The van der Waals surface area contributed by atoms with Crippen LogP contribution >= 0.6 is 22.9 Å². The minimum atomic E-state index is -0.224. The highest BCUT2D eigenvalue weighted by molar-refractivity contribution is 7.07. The van der Waals surface area contributed by atoms with Crippen molar-refractivity contribution in [1.82, 2.24) is 15.0 Å². The van der Waals surface area contributed by atoms with Crippen LogP contribution < -0.4 is 5.32 Å². The first-order valence-corrected chi connectivity index (χ1v) is 9.91. The fourth-order valence-electron chi connectivity index (χ4n) is 2.96. The van der Waals surface area contributed by atoms with E-state index in [0.717, 1.165) is 22.7 Å². The summed E-state index contributed by atoms with van der Waals surface area (Å²) in [4.78, 5) is 23.9. The molecule has 6 nitrogen and oxygen atoms in total. The van der Waals surface area contributed by atoms with Crippen molar-refractivity contribution in [2.45, 2.75) is 12.5 Å². The fraction of sp³-hybridized carbons (Fsp3) is 0.150. The van der Waals surface area contributed by atoms with Gasteiger partial charge in [0.1, 0.15) is 11.5 Å². The normalized spacial score (nSPS) is 16.4. The van der Waals surface area contributed by atoms with Crippen LogP contribution in [0.25, 0.3) is 16.8 Å². The molecule has 3 aromatic rings. The molecule has 1 aliphatic rings. The van der Waals surface area contributed by atoms with E-state index in [-0.39, 0.29) is 12.0 Å². The largest absolute Gasteiger partial charge is 0.376 e. The summed E-state index contributed by atoms with van der Waals surface area (Å²) in [5.74, 6) is 0.506. The van der Waals surface area contributed by atoms with Crippen LogP contribution in [0.1, 0.15) is 22.7 Å². The molecule has 2 heterocycles. The van der Waals surface area contributed by atoms with Gasteiger partial charge >= 0.3 is 0 Å². The van der Waals surface area contributed by atoms with Gasteiger partial charge in [0.05, 0.1) is 23.5 Å². The second kappa shape index (κ2) is 8.10. The number of nitrogens with one attached hydrogen (secondary N) is 2. The van der Waals surface area contributed by atoms with E-state index in [2.05, 4.69) is 20.3 Å². The zero-order valence-corrected chi connectivity index (χ0v) is 16.6. The Morgan fingerprint density at radius 1 is 1.32 bits per heavy atom. The third-order valence-corrected chi connectivity index (χ3v) is 5.27. The van der Waals surface area contributed by atoms with E-state index in [4.69, 9.17) is 16.3 Å². The average molecular weight is 413 g/mol. The number of thiazole rings is 1. The monoisotopic (exact) mass is 412 g/mol. The molecule has 1 aliphatic carbocycles. The maximum atomic E-state index is 12.1. The zero-order chi connectivity index (χ0) is 19.5. The van der Waals surface area contributed by atoms with E-state index in [9.17, 15) is 4.79 Å². The number of ether oxygens (including phenoxy) is 1. The molecule has 0 radical (unpaired) electrons. The van der Waals surface area contributed by atoms with Crippen LogP contribution in [0.3, 0.4) is 0 Å². The van der Waals surface area contributed by atoms with Gasteiger partial charge in [-0.2, -0.15) is 0 Å². The number of benzene rings is 1. The van der Waals surface area contributed by atoms with Crippen LogP contribution in [0.4, 0.5) is 5.69 Å². The number of rotatable bonds is 5. The van der Waals surface area contributed by atoms with E-state index in [1.807, 2.05) is 36.4 Å². The molecule has 1 atom stereocenters. The van der Waals surface area contributed by atoms with Gasteiger partial charge in [0, 0.05) is 28.8 Å². The number of carbonyl (C=O) groups is 1. The van der Waals surface area contributed by atoms with E-state index >= 15 is 0 Å². The minimum Gasteiger partial charge on any atom is -0.376 e. The highest BCUT2D eigenvalue weighted by atomic mass is 35.5. The molecule has 2 N–H and O–H groups in total. The van der Waals surface area contributed by atoms with Crippen molar-refractivity contribution in [3.05, 3.63) is 70.1 Å². The lowest BCUT2D eigenvalue weighted by molar-refractivity contribution is 0.102. The van der Waals surface area contributed by atoms with Crippen molar-refractivity contribution in [3.63, 3.8) is 0 Å². The number of methoxy groups -OCH3 is 1. The van der Waals surface area contributed by atoms with Crippen molar-refractivity contribution in [1.29, 1.82) is 0 Å². The number of allylic oxidation sites excluding steroid dienone is 2. The number of aromatic nitrogens is 3. The predicted octanol–water partition coefficient (Wildman–Crippen LogP) is 4.71. The number of anilines is 1. The number of carbonyl (C=O) groups excluding carboxylic acids is 1. The summed E-state index contributed by atoms with van der Waals surface area (Å²) in [7, 11) is 1.67. The number of amides is 1. The topological polar surface area (TPSA) is 79.9 Å². The number of aromatic amines is 1. The lowest BCUT2D eigenvalue weighted by Gasteiger charge is -2.19. The Hall–Kier alpha value is -2.74. The maximum absolute atomic E-state index is 12.1. The first kappa shape index (κ1) is 18.6. The molecule has 28 heavy (non-hydrogen) atoms. The van der Waals surface area contributed by atoms with Crippen LogP contribution in [-0.2, 0) is 4.74 Å². The molecule has 0 aliphatic heterocycles. The molecule has 8 heteroatoms. The number of hydrogen-bond acceptors (Lipinski definition) is 5. The quantitative estimate of drug-likeness (QED) is 0.636. The Bertz CT molecular complexity index is 1040. The van der Waals surface area contributed by atoms with Crippen molar-refractivity contribution < 1.29 is 9.53 Å². The van der Waals surface area contributed by atoms with E-state index in [1.54, 1.807) is 24.2 Å². The van der Waals surface area contributed by atoms with Crippen molar-refractivity contribution in [2.24, 2.45) is 0 Å². The lowest BCUT2D eigenvalue weighted by Crippen LogP contribution is -2.15. The van der Waals surface area contributed by atoms with Gasteiger partial charge < -0.3 is 15.0 Å². The van der Waals surface area contributed by atoms with Crippen molar-refractivity contribution in [3.8, 4) is 11.3 Å². The Kier molecular flexibility index (Phi) is 5.38. The van der Waals surface area contributed by atoms with E-state index in [1.165, 1.54) is 11.3 Å². The third-order valence-electron chi connectivity index (χ3n) is 4.42.